The molecule has 1 aliphatic rings. The standard InChI is InChI=1S/C15H23N3.W/c1-12-15(2,3)14(16-18(12)5)11-17(4)13-9-7-6-8-10-13;/h6-10,12,14,16H,1-5H3;. The van der Waals surface area contributed by atoms with Crippen LogP contribution in [0.1, 0.15) is 20.8 Å². The third-order valence-electron chi connectivity index (χ3n) is 4.46. The van der Waals surface area contributed by atoms with Crippen LogP contribution in [0.2, 0.25) is 0 Å². The molecule has 4 heteroatoms. The van der Waals surface area contributed by atoms with Crippen molar-refractivity contribution in [3.8, 4) is 0 Å². The zero-order valence-corrected chi connectivity index (χ0v) is 15.3. The molecule has 1 heterocycles. The van der Waals surface area contributed by atoms with Crippen molar-refractivity contribution in [3.63, 3.8) is 0 Å². The van der Waals surface area contributed by atoms with E-state index in [1.807, 2.05) is 0 Å². The van der Waals surface area contributed by atoms with Gasteiger partial charge in [0.15, 0.2) is 0 Å². The van der Waals surface area contributed by atoms with Crippen LogP contribution >= 0.6 is 0 Å². The summed E-state index contributed by atoms with van der Waals surface area (Å²) in [5.41, 5.74) is 5.11. The molecule has 1 aromatic carbocycles. The van der Waals surface area contributed by atoms with Crippen LogP contribution in [0, 0.1) is 5.41 Å². The van der Waals surface area contributed by atoms with Crippen LogP contribution in [0.4, 0.5) is 5.69 Å². The Kier molecular flexibility index (Phi) is 4.29. The molecule has 3 nitrogen and oxygen atoms in total. The van der Waals surface area contributed by atoms with E-state index < -0.39 is 0 Å². The van der Waals surface area contributed by atoms with Crippen LogP contribution in [0.3, 0.4) is 0 Å². The van der Waals surface area contributed by atoms with Gasteiger partial charge < -0.3 is 0 Å². The van der Waals surface area contributed by atoms with Crippen LogP contribution in [0.5, 0.6) is 0 Å². The van der Waals surface area contributed by atoms with Gasteiger partial charge in [0, 0.05) is 0 Å². The number of nitrogens with zero attached hydrogens (tertiary/aromatic N) is 2. The molecule has 0 bridgehead atoms. The quantitative estimate of drug-likeness (QED) is 0.794. The normalized spacial score (nSPS) is 26.4. The first kappa shape index (κ1) is 14.9. The minimum absolute atomic E-state index is 0.231. The van der Waals surface area contributed by atoms with E-state index in [1.54, 1.807) is 0 Å². The zero-order valence-electron chi connectivity index (χ0n) is 12.3. The van der Waals surface area contributed by atoms with Gasteiger partial charge in [0.05, 0.1) is 0 Å². The van der Waals surface area contributed by atoms with Gasteiger partial charge in [-0.3, -0.25) is 0 Å². The van der Waals surface area contributed by atoms with E-state index in [2.05, 4.69) is 80.5 Å². The second kappa shape index (κ2) is 5.47. The van der Waals surface area contributed by atoms with E-state index in [-0.39, 0.29) is 5.41 Å². The van der Waals surface area contributed by atoms with Crippen molar-refractivity contribution < 1.29 is 19.4 Å². The molecule has 0 spiro atoms. The first-order valence-electron chi connectivity index (χ1n) is 6.67. The molecule has 1 aromatic rings. The van der Waals surface area contributed by atoms with Crippen molar-refractivity contribution in [2.75, 3.05) is 19.0 Å². The van der Waals surface area contributed by atoms with Gasteiger partial charge in [0.25, 0.3) is 0 Å². The van der Waals surface area contributed by atoms with Gasteiger partial charge in [0.1, 0.15) is 0 Å². The van der Waals surface area contributed by atoms with Crippen molar-refractivity contribution in [2.45, 2.75) is 32.9 Å². The summed E-state index contributed by atoms with van der Waals surface area (Å²) in [5, 5.41) is 2.24. The molecule has 1 aliphatic heterocycles. The Morgan fingerprint density at radius 3 is 2.37 bits per heavy atom. The summed E-state index contributed by atoms with van der Waals surface area (Å²) in [7, 11) is 4.30. The first-order valence-corrected chi connectivity index (χ1v) is 8.14. The Labute approximate surface area is 127 Å². The predicted octanol–water partition coefficient (Wildman–Crippen LogP) is 2.03. The van der Waals surface area contributed by atoms with E-state index in [0.29, 0.717) is 12.1 Å². The van der Waals surface area contributed by atoms with Gasteiger partial charge in [-0.25, -0.2) is 0 Å². The van der Waals surface area contributed by atoms with Gasteiger partial charge in [-0.15, -0.1) is 0 Å². The van der Waals surface area contributed by atoms with Crippen LogP contribution in [0.15, 0.2) is 30.3 Å². The fraction of sp³-hybridized carbons (Fsp3) is 0.533. The Morgan fingerprint density at radius 2 is 1.89 bits per heavy atom. The second-order valence-corrected chi connectivity index (χ2v) is 7.41. The summed E-state index contributed by atoms with van der Waals surface area (Å²) in [6.45, 7) is 6.99. The second-order valence-electron chi connectivity index (χ2n) is 5.90. The van der Waals surface area contributed by atoms with Gasteiger partial charge in [0.2, 0.25) is 0 Å². The third-order valence-corrected chi connectivity index (χ3v) is 6.29. The molecule has 2 atom stereocenters. The molecule has 104 valence electrons. The third kappa shape index (κ3) is 2.69. The van der Waals surface area contributed by atoms with Gasteiger partial charge >= 0.3 is 127 Å². The number of hydrogen-bond acceptors (Lipinski definition) is 3. The molecule has 0 amide bonds. The molecule has 1 N–H and O–H groups in total. The maximum atomic E-state index is 3.62. The Morgan fingerprint density at radius 1 is 1.32 bits per heavy atom. The molecule has 1 fully saturated rings. The van der Waals surface area contributed by atoms with Crippen LogP contribution in [-0.2, 0) is 19.4 Å². The maximum absolute atomic E-state index is 3.62. The number of anilines is 1. The number of rotatable bonds is 3. The zero-order chi connectivity index (χ0) is 14.2. The van der Waals surface area contributed by atoms with Gasteiger partial charge in [-0.1, -0.05) is 0 Å². The van der Waals surface area contributed by atoms with E-state index in [9.17, 15) is 0 Å². The fourth-order valence-electron chi connectivity index (χ4n) is 2.57. The molecule has 2 unspecified atom stereocenters. The van der Waals surface area contributed by atoms with Crippen LogP contribution in [-0.4, -0.2) is 35.2 Å². The van der Waals surface area contributed by atoms with E-state index >= 15 is 0 Å². The monoisotopic (exact) mass is 429 g/mol. The SMILES string of the molecule is CC1N(C)NC([C](=[W])N(C)c2ccccc2)C1(C)C. The number of hydrazine groups is 1. The summed E-state index contributed by atoms with van der Waals surface area (Å²) in [6.07, 6.45) is 0. The summed E-state index contributed by atoms with van der Waals surface area (Å²) < 4.78 is 1.44. The van der Waals surface area contributed by atoms with Crippen molar-refractivity contribution >= 4 is 9.71 Å². The fourth-order valence-corrected chi connectivity index (χ4v) is 4.23. The Balaban J connectivity index is 2.21. The number of hydrogen-bond donors (Lipinski definition) is 1. The Bertz CT molecular complexity index is 458. The van der Waals surface area contributed by atoms with E-state index in [0.717, 1.165) is 0 Å². The van der Waals surface area contributed by atoms with E-state index in [4.69, 9.17) is 0 Å². The number of para-hydroxylation sites is 1. The van der Waals surface area contributed by atoms with Gasteiger partial charge in [-0.2, -0.15) is 0 Å². The molecule has 19 heavy (non-hydrogen) atoms. The van der Waals surface area contributed by atoms with Crippen molar-refractivity contribution in [1.82, 2.24) is 10.4 Å². The molecular formula is C15H23N3W. The molecule has 0 aromatic heterocycles. The topological polar surface area (TPSA) is 18.5 Å². The number of benzene rings is 1. The van der Waals surface area contributed by atoms with Gasteiger partial charge in [-0.05, 0) is 0 Å². The Hall–Kier alpha value is -0.502. The minimum atomic E-state index is 0.231. The van der Waals surface area contributed by atoms with Crippen LogP contribution < -0.4 is 10.3 Å². The van der Waals surface area contributed by atoms with Crippen molar-refractivity contribution in [1.29, 1.82) is 0 Å². The number of likely N-dealkylation sites (N-methyl/N-ethyl adjacent to an activating group) is 1. The average molecular weight is 429 g/mol. The molecular weight excluding hydrogens is 406 g/mol. The van der Waals surface area contributed by atoms with E-state index in [1.165, 1.54) is 29.1 Å². The number of nitrogens with one attached hydrogen (secondary N) is 1. The van der Waals surface area contributed by atoms with Crippen molar-refractivity contribution in [3.05, 3.63) is 30.3 Å². The molecule has 2 rings (SSSR count). The first-order chi connectivity index (χ1) is 8.85. The average Bonchev–Trinajstić information content (AvgIpc) is 2.61. The molecule has 0 saturated carbocycles. The summed E-state index contributed by atoms with van der Waals surface area (Å²) >= 11 is 1.52. The summed E-state index contributed by atoms with van der Waals surface area (Å²) in [4.78, 5) is 2.32. The van der Waals surface area contributed by atoms with Crippen LogP contribution in [0.25, 0.3) is 0 Å². The molecule has 1 saturated heterocycles. The molecule has 0 radical (unpaired) electrons. The van der Waals surface area contributed by atoms with Crippen molar-refractivity contribution in [2.24, 2.45) is 5.41 Å². The summed E-state index contributed by atoms with van der Waals surface area (Å²) in [5.74, 6) is 0. The predicted molar refractivity (Wildman–Crippen MR) is 77.8 cm³/mol. The molecule has 0 aliphatic carbocycles. The summed E-state index contributed by atoms with van der Waals surface area (Å²) in [6, 6.07) is 11.5.